The molecular weight excluding hydrogens is 478 g/mol. The summed E-state index contributed by atoms with van der Waals surface area (Å²) in [5.74, 6) is 7.45. The minimum Gasteiger partial charge on any atom is -0.457 e. The highest BCUT2D eigenvalue weighted by Crippen LogP contribution is 2.21. The molecule has 182 valence electrons. The van der Waals surface area contributed by atoms with Gasteiger partial charge in [-0.05, 0) is 61.0 Å². The van der Waals surface area contributed by atoms with Crippen LogP contribution in [0.4, 0.5) is 11.6 Å². The number of Topliss-reactive ketones (excluding diaryl/α,β-unsaturated/α-hetero) is 1. The summed E-state index contributed by atoms with van der Waals surface area (Å²) in [6, 6.07) is 23.6. The Balaban J connectivity index is 1.28. The summed E-state index contributed by atoms with van der Waals surface area (Å²) in [6.45, 7) is 1.49. The number of nitrogens with zero attached hydrogens (tertiary/aromatic N) is 4. The van der Waals surface area contributed by atoms with Crippen LogP contribution in [0.1, 0.15) is 22.8 Å². The molecule has 0 fully saturated rings. The highest BCUT2D eigenvalue weighted by atomic mass is 32.2. The molecule has 0 aliphatic carbocycles. The van der Waals surface area contributed by atoms with E-state index in [2.05, 4.69) is 26.0 Å². The Bertz CT molecular complexity index is 1370. The monoisotopic (exact) mass is 501 g/mol. The van der Waals surface area contributed by atoms with Gasteiger partial charge in [-0.3, -0.25) is 9.59 Å². The molecule has 4 rings (SSSR count). The maximum absolute atomic E-state index is 12.2. The molecule has 0 aliphatic rings. The molecule has 0 aliphatic heterocycles. The van der Waals surface area contributed by atoms with Gasteiger partial charge in [-0.25, -0.2) is 10.1 Å². The Morgan fingerprint density at radius 3 is 2.53 bits per heavy atom. The number of aromatic nitrogens is 3. The number of ether oxygens (including phenoxy) is 1. The molecule has 11 heteroatoms. The van der Waals surface area contributed by atoms with Gasteiger partial charge in [0.15, 0.2) is 5.78 Å². The van der Waals surface area contributed by atoms with Gasteiger partial charge in [0.05, 0.1) is 12.0 Å². The number of thioether (sulfide) groups is 1. The van der Waals surface area contributed by atoms with E-state index in [1.807, 2.05) is 54.6 Å². The van der Waals surface area contributed by atoms with E-state index in [-0.39, 0.29) is 23.4 Å². The minimum absolute atomic E-state index is 0.0370. The molecular formula is C25H23N7O3S. The van der Waals surface area contributed by atoms with Crippen LogP contribution in [0.2, 0.25) is 0 Å². The summed E-state index contributed by atoms with van der Waals surface area (Å²) >= 11 is 1.13. The first-order chi connectivity index (χ1) is 17.5. The van der Waals surface area contributed by atoms with Crippen LogP contribution in [0.3, 0.4) is 0 Å². The summed E-state index contributed by atoms with van der Waals surface area (Å²) in [4.78, 5) is 23.6. The zero-order valence-corrected chi connectivity index (χ0v) is 20.1. The summed E-state index contributed by atoms with van der Waals surface area (Å²) in [5.41, 5.74) is 4.72. The minimum atomic E-state index is -0.247. The van der Waals surface area contributed by atoms with E-state index in [0.717, 1.165) is 23.1 Å². The number of hydrogen-bond donors (Lipinski definition) is 3. The quantitative estimate of drug-likeness (QED) is 0.0969. The molecule has 0 saturated heterocycles. The summed E-state index contributed by atoms with van der Waals surface area (Å²) < 4.78 is 7.04. The fraction of sp³-hybridized carbons (Fsp3) is 0.0800. The lowest BCUT2D eigenvalue weighted by Crippen LogP contribution is -2.17. The summed E-state index contributed by atoms with van der Waals surface area (Å²) in [5, 5.41) is 15.2. The van der Waals surface area contributed by atoms with E-state index in [4.69, 9.17) is 10.6 Å². The normalized spacial score (nSPS) is 10.8. The van der Waals surface area contributed by atoms with E-state index >= 15 is 0 Å². The van der Waals surface area contributed by atoms with Crippen molar-refractivity contribution in [1.29, 1.82) is 0 Å². The smallest absolute Gasteiger partial charge is 0.264 e. The summed E-state index contributed by atoms with van der Waals surface area (Å²) in [7, 11) is 0. The number of amides is 1. The van der Waals surface area contributed by atoms with E-state index < -0.39 is 0 Å². The fourth-order valence-corrected chi connectivity index (χ4v) is 3.67. The second-order valence-electron chi connectivity index (χ2n) is 7.50. The van der Waals surface area contributed by atoms with E-state index in [0.29, 0.717) is 22.2 Å². The number of ketones is 1. The predicted molar refractivity (Wildman–Crippen MR) is 140 cm³/mol. The van der Waals surface area contributed by atoms with Crippen LogP contribution in [0.25, 0.3) is 0 Å². The topological polar surface area (TPSA) is 137 Å². The van der Waals surface area contributed by atoms with Gasteiger partial charge in [0.2, 0.25) is 11.1 Å². The van der Waals surface area contributed by atoms with Gasteiger partial charge in [-0.2, -0.15) is 5.10 Å². The SMILES string of the molecule is CC(=O)c1ccc(NC(=O)CSc2nnc(N/N=C/c3cccc(Oc4ccccc4)c3)n2N)cc1. The molecule has 36 heavy (non-hydrogen) atoms. The number of nitrogens with two attached hydrogens (primary N) is 1. The largest absolute Gasteiger partial charge is 0.457 e. The third-order valence-corrected chi connectivity index (χ3v) is 5.73. The zero-order valence-electron chi connectivity index (χ0n) is 19.3. The number of benzene rings is 3. The van der Waals surface area contributed by atoms with Crippen molar-refractivity contribution in [1.82, 2.24) is 14.9 Å². The molecule has 4 N–H and O–H groups in total. The van der Waals surface area contributed by atoms with E-state index in [1.54, 1.807) is 30.5 Å². The fourth-order valence-electron chi connectivity index (χ4n) is 3.01. The van der Waals surface area contributed by atoms with Gasteiger partial charge in [-0.1, -0.05) is 42.1 Å². The third kappa shape index (κ3) is 6.70. The third-order valence-electron chi connectivity index (χ3n) is 4.79. The van der Waals surface area contributed by atoms with Gasteiger partial charge >= 0.3 is 0 Å². The van der Waals surface area contributed by atoms with E-state index in [9.17, 15) is 9.59 Å². The molecule has 1 heterocycles. The zero-order chi connectivity index (χ0) is 25.3. The van der Waals surface area contributed by atoms with Crippen molar-refractivity contribution in [2.45, 2.75) is 12.1 Å². The number of anilines is 2. The molecule has 1 aromatic heterocycles. The average molecular weight is 502 g/mol. The maximum Gasteiger partial charge on any atom is 0.264 e. The molecule has 0 bridgehead atoms. The number of nitrogens with one attached hydrogen (secondary N) is 2. The average Bonchev–Trinajstić information content (AvgIpc) is 3.23. The Labute approximate surface area is 211 Å². The number of carbonyl (C=O) groups excluding carboxylic acids is 2. The standard InChI is InChI=1S/C25H23N7O3S/c1-17(33)19-10-12-20(13-11-19)28-23(34)16-36-25-31-30-24(32(25)26)29-27-15-18-6-5-9-22(14-18)35-21-7-3-2-4-8-21/h2-15H,16,26H2,1H3,(H,28,34)(H,29,30)/b27-15+. The van der Waals surface area contributed by atoms with Crippen LogP contribution >= 0.6 is 11.8 Å². The van der Waals surface area contributed by atoms with Crippen LogP contribution in [-0.2, 0) is 4.79 Å². The van der Waals surface area contributed by atoms with Gasteiger partial charge in [-0.15, -0.1) is 10.2 Å². The number of hydrazone groups is 1. The van der Waals surface area contributed by atoms with Crippen molar-refractivity contribution >= 4 is 41.3 Å². The van der Waals surface area contributed by atoms with Crippen LogP contribution in [-0.4, -0.2) is 38.5 Å². The Hall–Kier alpha value is -4.64. The number of rotatable bonds is 10. The molecule has 3 aromatic carbocycles. The maximum atomic E-state index is 12.2. The van der Waals surface area contributed by atoms with Crippen molar-refractivity contribution in [3.05, 3.63) is 90.0 Å². The van der Waals surface area contributed by atoms with Crippen LogP contribution in [0, 0.1) is 0 Å². The lowest BCUT2D eigenvalue weighted by molar-refractivity contribution is -0.113. The Morgan fingerprint density at radius 1 is 1.03 bits per heavy atom. The molecule has 0 radical (unpaired) electrons. The molecule has 0 unspecified atom stereocenters. The Kier molecular flexibility index (Phi) is 7.94. The van der Waals surface area contributed by atoms with Crippen molar-refractivity contribution in [3.63, 3.8) is 0 Å². The first-order valence-corrected chi connectivity index (χ1v) is 11.8. The summed E-state index contributed by atoms with van der Waals surface area (Å²) in [6.07, 6.45) is 1.60. The number of nitrogen functional groups attached to an aromatic ring is 1. The van der Waals surface area contributed by atoms with Gasteiger partial charge in [0.25, 0.3) is 5.95 Å². The molecule has 10 nitrogen and oxygen atoms in total. The molecule has 0 atom stereocenters. The second kappa shape index (κ2) is 11.7. The van der Waals surface area contributed by atoms with Gasteiger partial charge in [0, 0.05) is 11.3 Å². The predicted octanol–water partition coefficient (Wildman–Crippen LogP) is 4.16. The van der Waals surface area contributed by atoms with Crippen molar-refractivity contribution in [2.75, 3.05) is 22.3 Å². The molecule has 0 saturated carbocycles. The van der Waals surface area contributed by atoms with E-state index in [1.165, 1.54) is 11.6 Å². The molecule has 1 amide bonds. The number of hydrogen-bond acceptors (Lipinski definition) is 9. The first kappa shape index (κ1) is 24.5. The van der Waals surface area contributed by atoms with Crippen molar-refractivity contribution in [3.8, 4) is 11.5 Å². The van der Waals surface area contributed by atoms with Crippen LogP contribution < -0.4 is 21.3 Å². The van der Waals surface area contributed by atoms with Crippen molar-refractivity contribution in [2.24, 2.45) is 5.10 Å². The lowest BCUT2D eigenvalue weighted by atomic mass is 10.1. The lowest BCUT2D eigenvalue weighted by Gasteiger charge is -2.06. The Morgan fingerprint density at radius 2 is 1.78 bits per heavy atom. The van der Waals surface area contributed by atoms with Gasteiger partial charge < -0.3 is 15.9 Å². The first-order valence-electron chi connectivity index (χ1n) is 10.8. The number of carbonyl (C=O) groups is 2. The number of para-hydroxylation sites is 1. The highest BCUT2D eigenvalue weighted by molar-refractivity contribution is 7.99. The second-order valence-corrected chi connectivity index (χ2v) is 8.45. The highest BCUT2D eigenvalue weighted by Gasteiger charge is 2.12. The van der Waals surface area contributed by atoms with Gasteiger partial charge in [0.1, 0.15) is 11.5 Å². The van der Waals surface area contributed by atoms with Crippen molar-refractivity contribution < 1.29 is 14.3 Å². The molecule has 0 spiro atoms. The molecule has 4 aromatic rings. The van der Waals surface area contributed by atoms with Crippen LogP contribution in [0.15, 0.2) is 89.1 Å². The van der Waals surface area contributed by atoms with Crippen LogP contribution in [0.5, 0.6) is 11.5 Å².